The third-order valence-electron chi connectivity index (χ3n) is 5.52. The highest BCUT2D eigenvalue weighted by molar-refractivity contribution is 5.82. The Morgan fingerprint density at radius 2 is 1.85 bits per heavy atom. The number of ether oxygens (including phenoxy) is 3. The summed E-state index contributed by atoms with van der Waals surface area (Å²) in [5, 5.41) is 11.5. The zero-order valence-corrected chi connectivity index (χ0v) is 19.2. The molecular weight excluding hydrogens is 424 g/mol. The van der Waals surface area contributed by atoms with Crippen LogP contribution in [0, 0.1) is 11.8 Å². The van der Waals surface area contributed by atoms with E-state index >= 15 is 0 Å². The molecule has 1 aliphatic carbocycles. The van der Waals surface area contributed by atoms with Crippen molar-refractivity contribution in [3.05, 3.63) is 53.4 Å². The van der Waals surface area contributed by atoms with E-state index in [4.69, 9.17) is 14.2 Å². The minimum atomic E-state index is -0.999. The molecule has 0 radical (unpaired) electrons. The molecule has 1 saturated carbocycles. The van der Waals surface area contributed by atoms with Gasteiger partial charge in [0.2, 0.25) is 0 Å². The highest BCUT2D eigenvalue weighted by Gasteiger charge is 2.38. The van der Waals surface area contributed by atoms with Crippen LogP contribution in [-0.4, -0.2) is 42.3 Å². The fourth-order valence-electron chi connectivity index (χ4n) is 3.74. The standard InChI is InChI=1S/C26H32O7/c1-4-7-10-19-13-14-20(15-18(19)5-2)31-16-21(17-32-24(27)6-3)33-26(30)23-12-9-8-11-22(23)25(28)29/h4-7,10,13-15,21-23H,3,8-9,11-12,16-17H2,1-2H3,(H,28,29)/b7-4-,18-5-,19-10-. The Bertz CT molecular complexity index is 992. The fraction of sp³-hybridized carbons (Fsp3) is 0.423. The Kier molecular flexibility index (Phi) is 10.4. The average Bonchev–Trinajstić information content (AvgIpc) is 2.83. The molecule has 3 atom stereocenters. The van der Waals surface area contributed by atoms with E-state index in [9.17, 15) is 19.5 Å². The van der Waals surface area contributed by atoms with Gasteiger partial charge in [-0.2, -0.15) is 0 Å². The van der Waals surface area contributed by atoms with Crippen LogP contribution < -0.4 is 15.2 Å². The molecule has 2 rings (SSSR count). The summed E-state index contributed by atoms with van der Waals surface area (Å²) >= 11 is 0. The number of carboxylic acids is 1. The van der Waals surface area contributed by atoms with Gasteiger partial charge in [-0.25, -0.2) is 4.79 Å². The molecule has 0 aliphatic heterocycles. The van der Waals surface area contributed by atoms with Gasteiger partial charge < -0.3 is 19.3 Å². The van der Waals surface area contributed by atoms with Gasteiger partial charge in [-0.05, 0) is 49.3 Å². The second-order valence-corrected chi connectivity index (χ2v) is 7.81. The van der Waals surface area contributed by atoms with Crippen LogP contribution in [0.5, 0.6) is 5.75 Å². The summed E-state index contributed by atoms with van der Waals surface area (Å²) in [5.74, 6) is -3.18. The van der Waals surface area contributed by atoms with Crippen molar-refractivity contribution in [1.82, 2.24) is 0 Å². The molecule has 1 N–H and O–H groups in total. The van der Waals surface area contributed by atoms with Crippen molar-refractivity contribution in [3.8, 4) is 5.75 Å². The van der Waals surface area contributed by atoms with E-state index in [1.807, 2.05) is 50.3 Å². The van der Waals surface area contributed by atoms with Crippen LogP contribution in [-0.2, 0) is 23.9 Å². The van der Waals surface area contributed by atoms with Gasteiger partial charge in [-0.1, -0.05) is 49.8 Å². The predicted octanol–water partition coefficient (Wildman–Crippen LogP) is 2.75. The lowest BCUT2D eigenvalue weighted by atomic mass is 9.79. The highest BCUT2D eigenvalue weighted by Crippen LogP contribution is 2.31. The Morgan fingerprint density at radius 1 is 1.12 bits per heavy atom. The number of hydrogen-bond acceptors (Lipinski definition) is 6. The first-order valence-corrected chi connectivity index (χ1v) is 11.1. The van der Waals surface area contributed by atoms with Crippen LogP contribution in [0.2, 0.25) is 0 Å². The van der Waals surface area contributed by atoms with Crippen molar-refractivity contribution in [3.63, 3.8) is 0 Å². The summed E-state index contributed by atoms with van der Waals surface area (Å²) in [6.07, 6.45) is 10.4. The van der Waals surface area contributed by atoms with Gasteiger partial charge in [0.05, 0.1) is 11.8 Å². The molecule has 7 heteroatoms. The molecule has 0 spiro atoms. The van der Waals surface area contributed by atoms with E-state index in [1.165, 1.54) is 0 Å². The summed E-state index contributed by atoms with van der Waals surface area (Å²) in [7, 11) is 0. The van der Waals surface area contributed by atoms with Gasteiger partial charge in [-0.15, -0.1) is 0 Å². The number of rotatable bonds is 10. The minimum Gasteiger partial charge on any atom is -0.490 e. The van der Waals surface area contributed by atoms with Crippen molar-refractivity contribution < 1.29 is 33.7 Å². The molecule has 0 aromatic heterocycles. The van der Waals surface area contributed by atoms with Crippen LogP contribution in [0.15, 0.2) is 43.0 Å². The maximum atomic E-state index is 12.8. The summed E-state index contributed by atoms with van der Waals surface area (Å²) < 4.78 is 16.5. The molecule has 178 valence electrons. The van der Waals surface area contributed by atoms with E-state index in [0.717, 1.165) is 29.4 Å². The first kappa shape index (κ1) is 25.9. The summed E-state index contributed by atoms with van der Waals surface area (Å²) in [4.78, 5) is 35.8. The number of aliphatic carboxylic acids is 1. The van der Waals surface area contributed by atoms with Crippen LogP contribution in [0.3, 0.4) is 0 Å². The predicted molar refractivity (Wildman–Crippen MR) is 125 cm³/mol. The maximum Gasteiger partial charge on any atom is 0.330 e. The van der Waals surface area contributed by atoms with Gasteiger partial charge >= 0.3 is 17.9 Å². The molecule has 0 heterocycles. The van der Waals surface area contributed by atoms with Gasteiger partial charge in [-0.3, -0.25) is 9.59 Å². The smallest absolute Gasteiger partial charge is 0.330 e. The summed E-state index contributed by atoms with van der Waals surface area (Å²) in [6.45, 7) is 6.94. The van der Waals surface area contributed by atoms with E-state index in [1.54, 1.807) is 6.07 Å². The lowest BCUT2D eigenvalue weighted by Gasteiger charge is -2.28. The molecular formula is C26H32O7. The average molecular weight is 457 g/mol. The number of esters is 2. The second-order valence-electron chi connectivity index (χ2n) is 7.81. The Labute approximate surface area is 194 Å². The minimum absolute atomic E-state index is 0.0539. The van der Waals surface area contributed by atoms with Gasteiger partial charge in [0.25, 0.3) is 0 Å². The molecule has 33 heavy (non-hydrogen) atoms. The quantitative estimate of drug-likeness (QED) is 0.427. The molecule has 7 nitrogen and oxygen atoms in total. The van der Waals surface area contributed by atoms with Crippen molar-refractivity contribution >= 4 is 30.1 Å². The Morgan fingerprint density at radius 3 is 2.48 bits per heavy atom. The van der Waals surface area contributed by atoms with Crippen molar-refractivity contribution in [2.45, 2.75) is 45.6 Å². The number of carbonyl (C=O) groups excluding carboxylic acids is 2. The largest absolute Gasteiger partial charge is 0.490 e. The molecule has 1 aliphatic rings. The van der Waals surface area contributed by atoms with E-state index in [-0.39, 0.29) is 13.2 Å². The monoisotopic (exact) mass is 456 g/mol. The second kappa shape index (κ2) is 13.3. The molecule has 3 unspecified atom stereocenters. The molecule has 1 aromatic rings. The number of hydrogen-bond donors (Lipinski definition) is 1. The molecule has 0 bridgehead atoms. The third-order valence-corrected chi connectivity index (χ3v) is 5.52. The first-order chi connectivity index (χ1) is 15.9. The lowest BCUT2D eigenvalue weighted by Crippen LogP contribution is -2.38. The maximum absolute atomic E-state index is 12.8. The zero-order valence-electron chi connectivity index (χ0n) is 19.2. The van der Waals surface area contributed by atoms with Crippen molar-refractivity contribution in [1.29, 1.82) is 0 Å². The fourth-order valence-corrected chi connectivity index (χ4v) is 3.74. The number of allylic oxidation sites excluding steroid dienone is 2. The molecule has 0 amide bonds. The van der Waals surface area contributed by atoms with E-state index in [0.29, 0.717) is 18.6 Å². The molecule has 0 saturated heterocycles. The zero-order chi connectivity index (χ0) is 24.2. The van der Waals surface area contributed by atoms with Crippen LogP contribution in [0.4, 0.5) is 0 Å². The third kappa shape index (κ3) is 7.93. The topological polar surface area (TPSA) is 99.1 Å². The van der Waals surface area contributed by atoms with Crippen LogP contribution in [0.1, 0.15) is 39.5 Å². The molecule has 1 fully saturated rings. The van der Waals surface area contributed by atoms with E-state index in [2.05, 4.69) is 6.58 Å². The van der Waals surface area contributed by atoms with Gasteiger partial charge in [0, 0.05) is 6.08 Å². The SMILES string of the molecule is C=CC(=O)OCC(COc1ccc(=C/C=C\C)/c(=C\C)c1)OC(=O)C1CCCCC1C(=O)O. The first-order valence-electron chi connectivity index (χ1n) is 11.1. The number of benzene rings is 1. The van der Waals surface area contributed by atoms with Crippen molar-refractivity contribution in [2.75, 3.05) is 13.2 Å². The molecule has 1 aromatic carbocycles. The lowest BCUT2D eigenvalue weighted by molar-refractivity contribution is -0.169. The number of carboxylic acid groups (broad SMARTS) is 1. The van der Waals surface area contributed by atoms with Crippen LogP contribution in [0.25, 0.3) is 12.2 Å². The van der Waals surface area contributed by atoms with Crippen molar-refractivity contribution in [2.24, 2.45) is 11.8 Å². The highest BCUT2D eigenvalue weighted by atomic mass is 16.6. The Balaban J connectivity index is 2.13. The van der Waals surface area contributed by atoms with E-state index < -0.39 is 35.8 Å². The number of carbonyl (C=O) groups is 3. The normalized spacial score (nSPS) is 20.3. The summed E-state index contributed by atoms with van der Waals surface area (Å²) in [5.41, 5.74) is 0. The van der Waals surface area contributed by atoms with Gasteiger partial charge in [0.15, 0.2) is 6.10 Å². The van der Waals surface area contributed by atoms with Crippen LogP contribution >= 0.6 is 0 Å². The van der Waals surface area contributed by atoms with Gasteiger partial charge in [0.1, 0.15) is 19.0 Å². The Hall–Kier alpha value is -3.35. The summed E-state index contributed by atoms with van der Waals surface area (Å²) in [6, 6.07) is 5.59.